The predicted molar refractivity (Wildman–Crippen MR) is 111 cm³/mol. The van der Waals surface area contributed by atoms with E-state index in [0.29, 0.717) is 5.75 Å². The first-order valence-corrected chi connectivity index (χ1v) is 10.1. The van der Waals surface area contributed by atoms with Crippen molar-refractivity contribution in [3.63, 3.8) is 0 Å². The number of phenolic OH excluding ortho intramolecular Hbond substituents is 1. The summed E-state index contributed by atoms with van der Waals surface area (Å²) in [6, 6.07) is 6.09. The van der Waals surface area contributed by atoms with E-state index in [0.717, 1.165) is 12.8 Å². The molecular formula is C22H40BaO. The van der Waals surface area contributed by atoms with Gasteiger partial charge >= 0.3 is 48.9 Å². The summed E-state index contributed by atoms with van der Waals surface area (Å²) in [6.07, 6.45) is 18.1. The van der Waals surface area contributed by atoms with Gasteiger partial charge in [-0.25, -0.2) is 0 Å². The van der Waals surface area contributed by atoms with Crippen LogP contribution >= 0.6 is 0 Å². The zero-order valence-electron chi connectivity index (χ0n) is 15.6. The summed E-state index contributed by atoms with van der Waals surface area (Å²) in [5, 5.41) is 10.2. The third-order valence-corrected chi connectivity index (χ3v) is 4.83. The van der Waals surface area contributed by atoms with Gasteiger partial charge in [0.25, 0.3) is 0 Å². The van der Waals surface area contributed by atoms with Crippen molar-refractivity contribution in [3.05, 3.63) is 29.3 Å². The molecule has 0 aliphatic carbocycles. The van der Waals surface area contributed by atoms with Crippen molar-refractivity contribution in [2.75, 3.05) is 0 Å². The first-order chi connectivity index (χ1) is 11.3. The molecule has 0 unspecified atom stereocenters. The monoisotopic (exact) mass is 458 g/mol. The quantitative estimate of drug-likeness (QED) is 0.257. The van der Waals surface area contributed by atoms with Crippen molar-refractivity contribution in [3.8, 4) is 5.75 Å². The van der Waals surface area contributed by atoms with E-state index in [9.17, 15) is 5.11 Å². The van der Waals surface area contributed by atoms with Crippen LogP contribution in [0.4, 0.5) is 0 Å². The van der Waals surface area contributed by atoms with Crippen molar-refractivity contribution in [1.29, 1.82) is 0 Å². The molecule has 0 atom stereocenters. The van der Waals surface area contributed by atoms with Crippen molar-refractivity contribution < 1.29 is 5.11 Å². The van der Waals surface area contributed by atoms with Gasteiger partial charge in [0.2, 0.25) is 0 Å². The van der Waals surface area contributed by atoms with Crippen molar-refractivity contribution in [2.45, 2.75) is 104 Å². The molecule has 1 aromatic carbocycles. The van der Waals surface area contributed by atoms with Gasteiger partial charge < -0.3 is 5.11 Å². The number of rotatable bonds is 14. The molecule has 136 valence electrons. The van der Waals surface area contributed by atoms with E-state index in [4.69, 9.17) is 0 Å². The van der Waals surface area contributed by atoms with Gasteiger partial charge in [0.15, 0.2) is 0 Å². The molecule has 0 saturated heterocycles. The molecule has 0 bridgehead atoms. The first kappa shape index (κ1) is 24.6. The molecule has 0 heterocycles. The Hall–Kier alpha value is 0.591. The van der Waals surface area contributed by atoms with E-state index < -0.39 is 0 Å². The second-order valence-electron chi connectivity index (χ2n) is 6.95. The molecule has 0 fully saturated rings. The van der Waals surface area contributed by atoms with Gasteiger partial charge in [-0.3, -0.25) is 0 Å². The summed E-state index contributed by atoms with van der Waals surface area (Å²) in [5.74, 6) is 0.516. The van der Waals surface area contributed by atoms with Gasteiger partial charge in [0.1, 0.15) is 5.75 Å². The fourth-order valence-electron chi connectivity index (χ4n) is 3.32. The van der Waals surface area contributed by atoms with Crippen LogP contribution in [0, 0.1) is 0 Å². The average molecular weight is 458 g/mol. The summed E-state index contributed by atoms with van der Waals surface area (Å²) in [5.41, 5.74) is 2.60. The van der Waals surface area contributed by atoms with Crippen LogP contribution in [0.1, 0.15) is 102 Å². The Kier molecular flexibility index (Phi) is 17.4. The van der Waals surface area contributed by atoms with E-state index in [2.05, 4.69) is 19.9 Å². The molecule has 1 rings (SSSR count). The Bertz CT molecular complexity index is 403. The Morgan fingerprint density at radius 2 is 1.17 bits per heavy atom. The Balaban J connectivity index is 0.00000529. The molecule has 0 aliphatic rings. The fraction of sp³-hybridized carbons (Fsp3) is 0.727. The van der Waals surface area contributed by atoms with Crippen LogP contribution in [0.2, 0.25) is 0 Å². The molecule has 24 heavy (non-hydrogen) atoms. The summed E-state index contributed by atoms with van der Waals surface area (Å²) < 4.78 is 0. The summed E-state index contributed by atoms with van der Waals surface area (Å²) in [7, 11) is 0. The Morgan fingerprint density at radius 3 is 1.75 bits per heavy atom. The fourth-order valence-corrected chi connectivity index (χ4v) is 3.32. The second kappa shape index (κ2) is 17.0. The minimum atomic E-state index is 0. The molecule has 0 aromatic heterocycles. The van der Waals surface area contributed by atoms with E-state index >= 15 is 0 Å². The molecule has 0 aliphatic heterocycles. The standard InChI is InChI=1S/C22H38O.Ba.2H/c1-3-5-7-9-11-13-16-20-17-15-19-22(23)21(20)18-14-12-10-8-6-4-2;;;/h15,17,19,23H,3-14,16,18H2,1-2H3;;;. The Labute approximate surface area is 191 Å². The predicted octanol–water partition coefficient (Wildman–Crippen LogP) is 6.28. The number of aromatic hydroxyl groups is 1. The van der Waals surface area contributed by atoms with Gasteiger partial charge in [-0.05, 0) is 42.9 Å². The zero-order chi connectivity index (χ0) is 16.8. The van der Waals surface area contributed by atoms with Gasteiger partial charge in [0, 0.05) is 0 Å². The number of hydrogen-bond acceptors (Lipinski definition) is 1. The second-order valence-corrected chi connectivity index (χ2v) is 6.95. The van der Waals surface area contributed by atoms with E-state index in [1.165, 1.54) is 88.2 Å². The van der Waals surface area contributed by atoms with Crippen LogP contribution in [0.25, 0.3) is 0 Å². The molecule has 2 heteroatoms. The summed E-state index contributed by atoms with van der Waals surface area (Å²) in [4.78, 5) is 0. The summed E-state index contributed by atoms with van der Waals surface area (Å²) >= 11 is 0. The number of unbranched alkanes of at least 4 members (excludes halogenated alkanes) is 10. The molecular weight excluding hydrogens is 418 g/mol. The topological polar surface area (TPSA) is 20.2 Å². The molecule has 0 radical (unpaired) electrons. The van der Waals surface area contributed by atoms with Crippen molar-refractivity contribution in [1.82, 2.24) is 0 Å². The molecule has 0 amide bonds. The minimum absolute atomic E-state index is 0. The average Bonchev–Trinajstić information content (AvgIpc) is 2.56. The molecule has 0 saturated carbocycles. The van der Waals surface area contributed by atoms with Crippen LogP contribution in [0.15, 0.2) is 18.2 Å². The molecule has 1 nitrogen and oxygen atoms in total. The number of phenols is 1. The van der Waals surface area contributed by atoms with Crippen LogP contribution in [0.5, 0.6) is 5.75 Å². The third-order valence-electron chi connectivity index (χ3n) is 4.83. The molecule has 0 spiro atoms. The van der Waals surface area contributed by atoms with Crippen LogP contribution in [-0.2, 0) is 12.8 Å². The maximum atomic E-state index is 10.2. The molecule has 1 N–H and O–H groups in total. The maximum absolute atomic E-state index is 10.2. The van der Waals surface area contributed by atoms with Crippen LogP contribution in [-0.4, -0.2) is 54.0 Å². The molecule has 1 aromatic rings. The van der Waals surface area contributed by atoms with Crippen LogP contribution < -0.4 is 0 Å². The first-order valence-electron chi connectivity index (χ1n) is 10.1. The van der Waals surface area contributed by atoms with Crippen LogP contribution in [0.3, 0.4) is 0 Å². The number of hydrogen-bond donors (Lipinski definition) is 1. The van der Waals surface area contributed by atoms with Gasteiger partial charge in [-0.2, -0.15) is 0 Å². The number of aryl methyl sites for hydroxylation is 1. The van der Waals surface area contributed by atoms with E-state index in [1.54, 1.807) is 0 Å². The number of benzene rings is 1. The SMILES string of the molecule is CCCCCCCCc1cccc(O)c1CCCCCCCC.[BaH2]. The normalized spacial score (nSPS) is 10.6. The van der Waals surface area contributed by atoms with E-state index in [1.807, 2.05) is 12.1 Å². The zero-order valence-corrected chi connectivity index (χ0v) is 15.6. The van der Waals surface area contributed by atoms with Gasteiger partial charge in [0.05, 0.1) is 0 Å². The third kappa shape index (κ3) is 11.3. The van der Waals surface area contributed by atoms with Gasteiger partial charge in [-0.1, -0.05) is 90.2 Å². The van der Waals surface area contributed by atoms with Gasteiger partial charge in [-0.15, -0.1) is 0 Å². The Morgan fingerprint density at radius 1 is 0.667 bits per heavy atom. The van der Waals surface area contributed by atoms with E-state index in [-0.39, 0.29) is 48.9 Å². The van der Waals surface area contributed by atoms with Crippen molar-refractivity contribution >= 4 is 48.9 Å². The van der Waals surface area contributed by atoms with Crippen molar-refractivity contribution in [2.24, 2.45) is 0 Å². The summed E-state index contributed by atoms with van der Waals surface area (Å²) in [6.45, 7) is 4.53.